The van der Waals surface area contributed by atoms with E-state index in [-0.39, 0.29) is 5.60 Å². The molecule has 0 unspecified atom stereocenters. The Labute approximate surface area is 109 Å². The highest BCUT2D eigenvalue weighted by atomic mass is 16.5. The Balaban J connectivity index is 2.31. The Hall–Kier alpha value is -1.16. The highest BCUT2D eigenvalue weighted by molar-refractivity contribution is 5.39. The van der Waals surface area contributed by atoms with E-state index in [1.54, 1.807) is 6.20 Å². The summed E-state index contributed by atoms with van der Waals surface area (Å²) in [4.78, 5) is 8.97. The molecule has 0 spiro atoms. The molecule has 1 aromatic rings. The van der Waals surface area contributed by atoms with E-state index in [1.165, 1.54) is 12.8 Å². The lowest BCUT2D eigenvalue weighted by molar-refractivity contribution is -0.0837. The van der Waals surface area contributed by atoms with Crippen molar-refractivity contribution in [3.8, 4) is 0 Å². The summed E-state index contributed by atoms with van der Waals surface area (Å²) < 4.78 is 6.03. The summed E-state index contributed by atoms with van der Waals surface area (Å²) in [6.45, 7) is 6.95. The summed E-state index contributed by atoms with van der Waals surface area (Å²) in [5, 5.41) is 0. The first kappa shape index (κ1) is 13.3. The van der Waals surface area contributed by atoms with Crippen molar-refractivity contribution in [2.75, 3.05) is 12.3 Å². The number of nitrogens with zero attached hydrogens (tertiary/aromatic N) is 2. The first-order valence-electron chi connectivity index (χ1n) is 6.81. The molecule has 1 saturated carbocycles. The number of aromatic nitrogens is 2. The molecule has 1 aliphatic carbocycles. The highest BCUT2D eigenvalue weighted by Gasteiger charge is 2.39. The molecule has 0 aliphatic heterocycles. The lowest BCUT2D eigenvalue weighted by Crippen LogP contribution is -2.36. The number of anilines is 1. The molecule has 0 aromatic carbocycles. The molecule has 1 heterocycles. The first-order chi connectivity index (χ1) is 8.57. The predicted octanol–water partition coefficient (Wildman–Crippen LogP) is 2.81. The number of hydrogen-bond acceptors (Lipinski definition) is 4. The maximum atomic E-state index is 6.03. The van der Waals surface area contributed by atoms with E-state index in [0.29, 0.717) is 12.3 Å². The monoisotopic (exact) mass is 249 g/mol. The van der Waals surface area contributed by atoms with E-state index >= 15 is 0 Å². The maximum Gasteiger partial charge on any atom is 0.160 e. The van der Waals surface area contributed by atoms with E-state index < -0.39 is 0 Å². The Bertz CT molecular complexity index is 412. The van der Waals surface area contributed by atoms with Gasteiger partial charge in [-0.05, 0) is 45.4 Å². The average Bonchev–Trinajstić information content (AvgIpc) is 2.36. The van der Waals surface area contributed by atoms with Crippen LogP contribution in [0.5, 0.6) is 0 Å². The number of nitrogens with two attached hydrogens (primary N) is 1. The van der Waals surface area contributed by atoms with Crippen molar-refractivity contribution in [2.45, 2.75) is 52.1 Å². The molecule has 0 atom stereocenters. The second-order valence-electron chi connectivity index (χ2n) is 5.34. The van der Waals surface area contributed by atoms with Gasteiger partial charge in [0.05, 0.1) is 17.6 Å². The molecule has 0 amide bonds. The molecule has 18 heavy (non-hydrogen) atoms. The van der Waals surface area contributed by atoms with Crippen molar-refractivity contribution in [1.82, 2.24) is 9.97 Å². The third-order valence-corrected chi connectivity index (χ3v) is 3.93. The van der Waals surface area contributed by atoms with Crippen LogP contribution in [0.2, 0.25) is 0 Å². The van der Waals surface area contributed by atoms with E-state index in [2.05, 4.69) is 16.9 Å². The third-order valence-electron chi connectivity index (χ3n) is 3.93. The molecule has 4 heteroatoms. The Morgan fingerprint density at radius 2 is 2.11 bits per heavy atom. The van der Waals surface area contributed by atoms with Crippen LogP contribution in [-0.2, 0) is 10.3 Å². The largest absolute Gasteiger partial charge is 0.396 e. The van der Waals surface area contributed by atoms with Crippen LogP contribution in [0.25, 0.3) is 0 Å². The van der Waals surface area contributed by atoms with Gasteiger partial charge in [-0.25, -0.2) is 9.97 Å². The Kier molecular flexibility index (Phi) is 3.85. The van der Waals surface area contributed by atoms with Crippen LogP contribution in [0.3, 0.4) is 0 Å². The number of ether oxygens (including phenoxy) is 1. The number of rotatable bonds is 3. The molecule has 100 valence electrons. The van der Waals surface area contributed by atoms with Crippen LogP contribution in [0.4, 0.5) is 5.69 Å². The number of hydrogen-bond donors (Lipinski definition) is 1. The fourth-order valence-corrected chi connectivity index (χ4v) is 2.63. The van der Waals surface area contributed by atoms with Gasteiger partial charge in [0.1, 0.15) is 5.60 Å². The van der Waals surface area contributed by atoms with Crippen molar-refractivity contribution in [1.29, 1.82) is 0 Å². The van der Waals surface area contributed by atoms with E-state index in [4.69, 9.17) is 10.5 Å². The normalized spacial score (nSPS) is 28.3. The minimum absolute atomic E-state index is 0.292. The summed E-state index contributed by atoms with van der Waals surface area (Å²) >= 11 is 0. The van der Waals surface area contributed by atoms with Gasteiger partial charge in [0.25, 0.3) is 0 Å². The van der Waals surface area contributed by atoms with Gasteiger partial charge in [-0.1, -0.05) is 6.92 Å². The fraction of sp³-hybridized carbons (Fsp3) is 0.714. The SMILES string of the molecule is CCOC1(c2ncc(N)c(C)n2)CCC(C)CC1. The van der Waals surface area contributed by atoms with Crippen LogP contribution in [0.15, 0.2) is 6.20 Å². The summed E-state index contributed by atoms with van der Waals surface area (Å²) in [6, 6.07) is 0. The van der Waals surface area contributed by atoms with Crippen molar-refractivity contribution in [2.24, 2.45) is 5.92 Å². The lowest BCUT2D eigenvalue weighted by atomic mass is 9.79. The van der Waals surface area contributed by atoms with Crippen molar-refractivity contribution < 1.29 is 4.74 Å². The van der Waals surface area contributed by atoms with E-state index in [0.717, 1.165) is 30.3 Å². The molecule has 2 rings (SSSR count). The maximum absolute atomic E-state index is 6.03. The molecular weight excluding hydrogens is 226 g/mol. The molecule has 0 radical (unpaired) electrons. The van der Waals surface area contributed by atoms with Gasteiger partial charge in [-0.15, -0.1) is 0 Å². The van der Waals surface area contributed by atoms with Gasteiger partial charge >= 0.3 is 0 Å². The fourth-order valence-electron chi connectivity index (χ4n) is 2.63. The summed E-state index contributed by atoms with van der Waals surface area (Å²) in [5.41, 5.74) is 6.99. The molecule has 1 aromatic heterocycles. The average molecular weight is 249 g/mol. The molecule has 0 saturated heterocycles. The van der Waals surface area contributed by atoms with Gasteiger partial charge < -0.3 is 10.5 Å². The molecule has 0 bridgehead atoms. The van der Waals surface area contributed by atoms with Crippen LogP contribution < -0.4 is 5.73 Å². The van der Waals surface area contributed by atoms with Gasteiger partial charge in [0.2, 0.25) is 0 Å². The summed E-state index contributed by atoms with van der Waals surface area (Å²) in [6.07, 6.45) is 6.06. The highest BCUT2D eigenvalue weighted by Crippen LogP contribution is 2.41. The van der Waals surface area contributed by atoms with Gasteiger partial charge in [-0.3, -0.25) is 0 Å². The number of aryl methyl sites for hydroxylation is 1. The molecular formula is C14H23N3O. The van der Waals surface area contributed by atoms with E-state index in [1.807, 2.05) is 13.8 Å². The topological polar surface area (TPSA) is 61.0 Å². The quantitative estimate of drug-likeness (QED) is 0.894. The molecule has 4 nitrogen and oxygen atoms in total. The van der Waals surface area contributed by atoms with Crippen LogP contribution >= 0.6 is 0 Å². The minimum Gasteiger partial charge on any atom is -0.396 e. The Morgan fingerprint density at radius 1 is 1.44 bits per heavy atom. The second kappa shape index (κ2) is 5.22. The third kappa shape index (κ3) is 2.48. The van der Waals surface area contributed by atoms with Crippen molar-refractivity contribution in [3.05, 3.63) is 17.7 Å². The standard InChI is InChI=1S/C14H23N3O/c1-4-18-14(7-5-10(2)6-8-14)13-16-9-12(15)11(3)17-13/h9-10H,4-8,15H2,1-3H3. The second-order valence-corrected chi connectivity index (χ2v) is 5.34. The summed E-state index contributed by atoms with van der Waals surface area (Å²) in [5.74, 6) is 1.58. The van der Waals surface area contributed by atoms with Crippen molar-refractivity contribution in [3.63, 3.8) is 0 Å². The van der Waals surface area contributed by atoms with Gasteiger partial charge in [-0.2, -0.15) is 0 Å². The zero-order valence-electron chi connectivity index (χ0n) is 11.6. The van der Waals surface area contributed by atoms with Crippen molar-refractivity contribution >= 4 is 5.69 Å². The minimum atomic E-state index is -0.292. The first-order valence-corrected chi connectivity index (χ1v) is 6.81. The zero-order chi connectivity index (χ0) is 13.2. The molecule has 1 fully saturated rings. The molecule has 2 N–H and O–H groups in total. The number of nitrogen functional groups attached to an aromatic ring is 1. The van der Waals surface area contributed by atoms with Crippen LogP contribution in [0, 0.1) is 12.8 Å². The lowest BCUT2D eigenvalue weighted by Gasteiger charge is -2.37. The Morgan fingerprint density at radius 3 is 2.67 bits per heavy atom. The zero-order valence-corrected chi connectivity index (χ0v) is 11.6. The van der Waals surface area contributed by atoms with Gasteiger partial charge in [0.15, 0.2) is 5.82 Å². The van der Waals surface area contributed by atoms with Crippen LogP contribution in [0.1, 0.15) is 51.0 Å². The van der Waals surface area contributed by atoms with E-state index in [9.17, 15) is 0 Å². The molecule has 1 aliphatic rings. The predicted molar refractivity (Wildman–Crippen MR) is 72.1 cm³/mol. The smallest absolute Gasteiger partial charge is 0.160 e. The summed E-state index contributed by atoms with van der Waals surface area (Å²) in [7, 11) is 0. The van der Waals surface area contributed by atoms with Crippen LogP contribution in [-0.4, -0.2) is 16.6 Å². The van der Waals surface area contributed by atoms with Gasteiger partial charge in [0, 0.05) is 6.61 Å².